The van der Waals surface area contributed by atoms with Crippen LogP contribution in [-0.4, -0.2) is 32.5 Å². The third-order valence-electron chi connectivity index (χ3n) is 5.11. The maximum absolute atomic E-state index is 12.4. The number of aromatic nitrogens is 2. The van der Waals surface area contributed by atoms with Gasteiger partial charge in [0.1, 0.15) is 5.88 Å². The molecule has 1 amide bonds. The normalized spacial score (nSPS) is 17.2. The van der Waals surface area contributed by atoms with E-state index in [2.05, 4.69) is 32.8 Å². The van der Waals surface area contributed by atoms with Gasteiger partial charge in [0, 0.05) is 13.1 Å². The van der Waals surface area contributed by atoms with Gasteiger partial charge < -0.3 is 4.90 Å². The molecule has 0 bridgehead atoms. The second-order valence-corrected chi connectivity index (χ2v) is 7.76. The molecule has 1 aromatic rings. The molecule has 1 aliphatic rings. The van der Waals surface area contributed by atoms with E-state index in [4.69, 9.17) is 11.6 Å². The van der Waals surface area contributed by atoms with E-state index in [-0.39, 0.29) is 23.2 Å². The van der Waals surface area contributed by atoms with Crippen LogP contribution in [0.2, 0.25) is 0 Å². The monoisotopic (exact) mass is 325 g/mol. The van der Waals surface area contributed by atoms with Gasteiger partial charge in [0.25, 0.3) is 0 Å². The van der Waals surface area contributed by atoms with Crippen LogP contribution in [0.5, 0.6) is 0 Å². The van der Waals surface area contributed by atoms with Crippen LogP contribution in [0, 0.1) is 5.41 Å². The SMILES string of the molecule is C[C@@H](N(Cc1c(C2CCC2)cnn1C)C(=O)CCl)C(C)(C)C. The number of rotatable bonds is 5. The van der Waals surface area contributed by atoms with Gasteiger partial charge in [0.05, 0.1) is 18.4 Å². The van der Waals surface area contributed by atoms with Crippen molar-refractivity contribution in [2.24, 2.45) is 12.5 Å². The van der Waals surface area contributed by atoms with Gasteiger partial charge in [0.15, 0.2) is 0 Å². The smallest absolute Gasteiger partial charge is 0.238 e. The van der Waals surface area contributed by atoms with E-state index in [1.807, 2.05) is 22.8 Å². The van der Waals surface area contributed by atoms with Gasteiger partial charge in [-0.1, -0.05) is 27.2 Å². The summed E-state index contributed by atoms with van der Waals surface area (Å²) in [6, 6.07) is 0.114. The molecule has 1 atom stereocenters. The molecule has 0 N–H and O–H groups in total. The Bertz CT molecular complexity index is 528. The summed E-state index contributed by atoms with van der Waals surface area (Å²) in [6.07, 6.45) is 5.74. The summed E-state index contributed by atoms with van der Waals surface area (Å²) in [4.78, 5) is 14.3. The van der Waals surface area contributed by atoms with E-state index in [0.717, 1.165) is 5.69 Å². The molecule has 1 saturated carbocycles. The highest BCUT2D eigenvalue weighted by Crippen LogP contribution is 2.38. The lowest BCUT2D eigenvalue weighted by molar-refractivity contribution is -0.133. The highest BCUT2D eigenvalue weighted by molar-refractivity contribution is 6.27. The molecule has 1 aliphatic carbocycles. The predicted molar refractivity (Wildman–Crippen MR) is 90.0 cm³/mol. The van der Waals surface area contributed by atoms with Gasteiger partial charge in [-0.15, -0.1) is 11.6 Å². The van der Waals surface area contributed by atoms with E-state index in [1.54, 1.807) is 0 Å². The zero-order valence-corrected chi connectivity index (χ0v) is 15.2. The summed E-state index contributed by atoms with van der Waals surface area (Å²) in [6.45, 7) is 9.16. The van der Waals surface area contributed by atoms with E-state index in [9.17, 15) is 4.79 Å². The third-order valence-corrected chi connectivity index (χ3v) is 5.34. The minimum atomic E-state index is -0.00940. The summed E-state index contributed by atoms with van der Waals surface area (Å²) in [5, 5.41) is 4.42. The minimum Gasteiger partial charge on any atom is -0.333 e. The molecule has 1 fully saturated rings. The van der Waals surface area contributed by atoms with Gasteiger partial charge in [-0.05, 0) is 36.7 Å². The molecule has 2 rings (SSSR count). The van der Waals surface area contributed by atoms with Crippen molar-refractivity contribution in [3.63, 3.8) is 0 Å². The van der Waals surface area contributed by atoms with Crippen LogP contribution in [0.3, 0.4) is 0 Å². The highest BCUT2D eigenvalue weighted by Gasteiger charge is 2.32. The number of hydrogen-bond donors (Lipinski definition) is 0. The average molecular weight is 326 g/mol. The van der Waals surface area contributed by atoms with Crippen LogP contribution >= 0.6 is 11.6 Å². The zero-order valence-electron chi connectivity index (χ0n) is 14.4. The van der Waals surface area contributed by atoms with Crippen LogP contribution in [0.1, 0.15) is 64.1 Å². The second-order valence-electron chi connectivity index (χ2n) is 7.50. The molecule has 4 nitrogen and oxygen atoms in total. The fraction of sp³-hybridized carbons (Fsp3) is 0.765. The van der Waals surface area contributed by atoms with Crippen molar-refractivity contribution in [3.8, 4) is 0 Å². The van der Waals surface area contributed by atoms with Crippen LogP contribution in [-0.2, 0) is 18.4 Å². The number of amides is 1. The van der Waals surface area contributed by atoms with Gasteiger partial charge in [-0.3, -0.25) is 9.48 Å². The first-order chi connectivity index (χ1) is 10.3. The van der Waals surface area contributed by atoms with Crippen LogP contribution in [0.15, 0.2) is 6.20 Å². The molecular weight excluding hydrogens is 298 g/mol. The van der Waals surface area contributed by atoms with Crippen molar-refractivity contribution in [2.75, 3.05) is 5.88 Å². The topological polar surface area (TPSA) is 38.1 Å². The summed E-state index contributed by atoms with van der Waals surface area (Å²) < 4.78 is 1.91. The van der Waals surface area contributed by atoms with Gasteiger partial charge >= 0.3 is 0 Å². The van der Waals surface area contributed by atoms with Crippen LogP contribution in [0.25, 0.3) is 0 Å². The van der Waals surface area contributed by atoms with E-state index < -0.39 is 0 Å². The Balaban J connectivity index is 2.27. The van der Waals surface area contributed by atoms with Crippen LogP contribution in [0.4, 0.5) is 0 Å². The summed E-state index contributed by atoms with van der Waals surface area (Å²) >= 11 is 5.85. The Labute approximate surface area is 138 Å². The molecule has 1 aromatic heterocycles. The molecule has 0 aromatic carbocycles. The van der Waals surface area contributed by atoms with Crippen molar-refractivity contribution in [3.05, 3.63) is 17.5 Å². The molecule has 0 radical (unpaired) electrons. The molecule has 22 heavy (non-hydrogen) atoms. The Morgan fingerprint density at radius 3 is 2.59 bits per heavy atom. The van der Waals surface area contributed by atoms with E-state index in [0.29, 0.717) is 12.5 Å². The van der Waals surface area contributed by atoms with E-state index >= 15 is 0 Å². The number of alkyl halides is 1. The first kappa shape index (κ1) is 17.3. The van der Waals surface area contributed by atoms with Crippen molar-refractivity contribution in [2.45, 2.75) is 65.5 Å². The lowest BCUT2D eigenvalue weighted by Crippen LogP contribution is -2.46. The minimum absolute atomic E-state index is 0.00940. The predicted octanol–water partition coefficient (Wildman–Crippen LogP) is 3.69. The standard InChI is InChI=1S/C17H28ClN3O/c1-12(17(2,3)4)21(16(22)9-18)11-15-14(10-19-20(15)5)13-7-6-8-13/h10,12-13H,6-9,11H2,1-5H3/t12-/m1/s1. The molecule has 124 valence electrons. The quantitative estimate of drug-likeness (QED) is 0.774. The van der Waals surface area contributed by atoms with Crippen molar-refractivity contribution < 1.29 is 4.79 Å². The number of carbonyl (C=O) groups excluding carboxylic acids is 1. The molecule has 1 heterocycles. The molecular formula is C17H28ClN3O. The zero-order chi connectivity index (χ0) is 16.5. The molecule has 0 spiro atoms. The lowest BCUT2D eigenvalue weighted by atomic mass is 9.80. The molecule has 0 aliphatic heterocycles. The molecule has 5 heteroatoms. The lowest BCUT2D eigenvalue weighted by Gasteiger charge is -2.38. The fourth-order valence-corrected chi connectivity index (χ4v) is 3.03. The van der Waals surface area contributed by atoms with Crippen molar-refractivity contribution in [1.82, 2.24) is 14.7 Å². The Kier molecular flexibility index (Phi) is 5.21. The number of hydrogen-bond acceptors (Lipinski definition) is 2. The first-order valence-electron chi connectivity index (χ1n) is 8.12. The maximum Gasteiger partial charge on any atom is 0.238 e. The number of carbonyl (C=O) groups is 1. The summed E-state index contributed by atoms with van der Waals surface area (Å²) in [5.74, 6) is 0.628. The van der Waals surface area contributed by atoms with Gasteiger partial charge in [-0.2, -0.15) is 5.10 Å². The largest absolute Gasteiger partial charge is 0.333 e. The summed E-state index contributed by atoms with van der Waals surface area (Å²) in [5.41, 5.74) is 2.47. The number of halogens is 1. The van der Waals surface area contributed by atoms with Gasteiger partial charge in [0.2, 0.25) is 5.91 Å². The maximum atomic E-state index is 12.4. The van der Waals surface area contributed by atoms with E-state index in [1.165, 1.54) is 24.8 Å². The highest BCUT2D eigenvalue weighted by atomic mass is 35.5. The first-order valence-corrected chi connectivity index (χ1v) is 8.65. The van der Waals surface area contributed by atoms with Crippen molar-refractivity contribution in [1.29, 1.82) is 0 Å². The summed E-state index contributed by atoms with van der Waals surface area (Å²) in [7, 11) is 1.96. The van der Waals surface area contributed by atoms with Crippen molar-refractivity contribution >= 4 is 17.5 Å². The molecule has 0 saturated heterocycles. The Morgan fingerprint density at radius 1 is 1.50 bits per heavy atom. The fourth-order valence-electron chi connectivity index (χ4n) is 2.88. The number of aryl methyl sites for hydroxylation is 1. The van der Waals surface area contributed by atoms with Gasteiger partial charge in [-0.25, -0.2) is 0 Å². The number of nitrogens with zero attached hydrogens (tertiary/aromatic N) is 3. The molecule has 0 unspecified atom stereocenters. The Hall–Kier alpha value is -1.03. The van der Waals surface area contributed by atoms with Crippen LogP contribution < -0.4 is 0 Å². The average Bonchev–Trinajstić information content (AvgIpc) is 2.73. The second kappa shape index (κ2) is 6.61. The third kappa shape index (κ3) is 3.48. The Morgan fingerprint density at radius 2 is 2.14 bits per heavy atom.